The van der Waals surface area contributed by atoms with Crippen molar-refractivity contribution >= 4 is 17.3 Å². The molecule has 90 valence electrons. The Kier molecular flexibility index (Phi) is 3.58. The number of hydrogen-bond acceptors (Lipinski definition) is 3. The number of carboxylic acid groups (broad SMARTS) is 1. The summed E-state index contributed by atoms with van der Waals surface area (Å²) in [5.41, 5.74) is 2.02. The van der Waals surface area contributed by atoms with Crippen LogP contribution in [0, 0.1) is 6.92 Å². The summed E-state index contributed by atoms with van der Waals surface area (Å²) in [6.07, 6.45) is 3.55. The first-order valence-corrected chi connectivity index (χ1v) is 6.30. The molecule has 2 rings (SSSR count). The monoisotopic (exact) mass is 250 g/mol. The Hall–Kier alpha value is -1.62. The van der Waals surface area contributed by atoms with Crippen molar-refractivity contribution in [3.8, 4) is 10.7 Å². The molecule has 0 unspecified atom stereocenters. The number of thiazole rings is 1. The molecule has 0 spiro atoms. The van der Waals surface area contributed by atoms with E-state index in [1.54, 1.807) is 11.3 Å². The molecule has 0 aromatic carbocycles. The zero-order chi connectivity index (χ0) is 12.3. The van der Waals surface area contributed by atoms with E-state index in [0.29, 0.717) is 6.42 Å². The van der Waals surface area contributed by atoms with Gasteiger partial charge in [0.2, 0.25) is 0 Å². The molecule has 17 heavy (non-hydrogen) atoms. The molecule has 0 amide bonds. The number of aryl methyl sites for hydroxylation is 2. The smallest absolute Gasteiger partial charge is 0.303 e. The highest BCUT2D eigenvalue weighted by Gasteiger charge is 2.10. The summed E-state index contributed by atoms with van der Waals surface area (Å²) < 4.78 is 0. The molecule has 0 aliphatic carbocycles. The number of aromatic nitrogens is 2. The molecule has 2 heterocycles. The van der Waals surface area contributed by atoms with Crippen molar-refractivity contribution in [1.29, 1.82) is 0 Å². The second-order valence-electron chi connectivity index (χ2n) is 3.86. The molecule has 2 N–H and O–H groups in total. The lowest BCUT2D eigenvalue weighted by Gasteiger charge is -1.95. The fourth-order valence-electron chi connectivity index (χ4n) is 1.64. The van der Waals surface area contributed by atoms with Gasteiger partial charge in [-0.2, -0.15) is 0 Å². The van der Waals surface area contributed by atoms with Crippen molar-refractivity contribution in [1.82, 2.24) is 9.97 Å². The van der Waals surface area contributed by atoms with Crippen molar-refractivity contribution in [3.63, 3.8) is 0 Å². The van der Waals surface area contributed by atoms with Crippen LogP contribution in [-0.4, -0.2) is 21.0 Å². The van der Waals surface area contributed by atoms with Crippen molar-refractivity contribution in [3.05, 3.63) is 28.9 Å². The number of carboxylic acids is 1. The van der Waals surface area contributed by atoms with Gasteiger partial charge in [0, 0.05) is 17.5 Å². The van der Waals surface area contributed by atoms with Gasteiger partial charge in [0.25, 0.3) is 0 Å². The fraction of sp³-hybridized carbons (Fsp3) is 0.333. The molecule has 0 atom stereocenters. The summed E-state index contributed by atoms with van der Waals surface area (Å²) in [6, 6.07) is 3.93. The molecule has 5 heteroatoms. The first-order valence-electron chi connectivity index (χ1n) is 5.48. The van der Waals surface area contributed by atoms with E-state index in [1.807, 2.05) is 25.3 Å². The highest BCUT2D eigenvalue weighted by molar-refractivity contribution is 7.15. The van der Waals surface area contributed by atoms with Crippen LogP contribution in [0.1, 0.15) is 23.4 Å². The summed E-state index contributed by atoms with van der Waals surface area (Å²) in [7, 11) is 0. The predicted octanol–water partition coefficient (Wildman–Crippen LogP) is 2.85. The van der Waals surface area contributed by atoms with Crippen LogP contribution < -0.4 is 0 Å². The lowest BCUT2D eigenvalue weighted by Crippen LogP contribution is -1.95. The Balaban J connectivity index is 2.06. The second-order valence-corrected chi connectivity index (χ2v) is 4.94. The normalized spacial score (nSPS) is 10.6. The first-order chi connectivity index (χ1) is 8.16. The Morgan fingerprint density at radius 2 is 2.41 bits per heavy atom. The largest absolute Gasteiger partial charge is 0.481 e. The molecule has 2 aromatic heterocycles. The molecule has 0 saturated carbocycles. The van der Waals surface area contributed by atoms with Gasteiger partial charge in [0.05, 0.1) is 11.4 Å². The van der Waals surface area contributed by atoms with Crippen molar-refractivity contribution in [2.24, 2.45) is 0 Å². The number of nitrogens with zero attached hydrogens (tertiary/aromatic N) is 1. The van der Waals surface area contributed by atoms with Gasteiger partial charge in [-0.3, -0.25) is 4.79 Å². The fourth-order valence-corrected chi connectivity index (χ4v) is 2.73. The van der Waals surface area contributed by atoms with Gasteiger partial charge in [-0.05, 0) is 31.9 Å². The highest BCUT2D eigenvalue weighted by atomic mass is 32.1. The van der Waals surface area contributed by atoms with Crippen molar-refractivity contribution in [2.75, 3.05) is 0 Å². The maximum Gasteiger partial charge on any atom is 0.303 e. The number of rotatable bonds is 5. The summed E-state index contributed by atoms with van der Waals surface area (Å²) in [5.74, 6) is -0.739. The van der Waals surface area contributed by atoms with E-state index in [-0.39, 0.29) is 6.42 Å². The number of aliphatic carboxylic acids is 1. The minimum atomic E-state index is -0.739. The van der Waals surface area contributed by atoms with Gasteiger partial charge in [-0.25, -0.2) is 4.98 Å². The molecule has 0 fully saturated rings. The quantitative estimate of drug-likeness (QED) is 0.857. The minimum absolute atomic E-state index is 0.217. The zero-order valence-corrected chi connectivity index (χ0v) is 10.4. The average molecular weight is 250 g/mol. The molecule has 0 saturated heterocycles. The SMILES string of the molecule is Cc1nc(-c2ccc[nH]2)sc1CCCC(=O)O. The molecular weight excluding hydrogens is 236 g/mol. The zero-order valence-electron chi connectivity index (χ0n) is 9.56. The van der Waals surface area contributed by atoms with Crippen LogP contribution in [0.5, 0.6) is 0 Å². The first kappa shape index (κ1) is 11.9. The Morgan fingerprint density at radius 1 is 1.59 bits per heavy atom. The van der Waals surface area contributed by atoms with E-state index in [4.69, 9.17) is 5.11 Å². The second kappa shape index (κ2) is 5.14. The van der Waals surface area contributed by atoms with Gasteiger partial charge >= 0.3 is 5.97 Å². The maximum atomic E-state index is 10.4. The Morgan fingerprint density at radius 3 is 3.06 bits per heavy atom. The summed E-state index contributed by atoms with van der Waals surface area (Å²) >= 11 is 1.63. The van der Waals surface area contributed by atoms with Crippen LogP contribution in [0.25, 0.3) is 10.7 Å². The number of hydrogen-bond donors (Lipinski definition) is 2. The summed E-state index contributed by atoms with van der Waals surface area (Å²) in [5, 5.41) is 9.57. The highest BCUT2D eigenvalue weighted by Crippen LogP contribution is 2.27. The van der Waals surface area contributed by atoms with E-state index in [0.717, 1.165) is 22.8 Å². The summed E-state index contributed by atoms with van der Waals surface area (Å²) in [4.78, 5) is 19.2. The predicted molar refractivity (Wildman–Crippen MR) is 67.2 cm³/mol. The van der Waals surface area contributed by atoms with Crippen LogP contribution in [0.2, 0.25) is 0 Å². The summed E-state index contributed by atoms with van der Waals surface area (Å²) in [6.45, 7) is 1.97. The van der Waals surface area contributed by atoms with Crippen LogP contribution in [0.15, 0.2) is 18.3 Å². The molecular formula is C12H14N2O2S. The topological polar surface area (TPSA) is 66.0 Å². The van der Waals surface area contributed by atoms with Gasteiger partial charge in [0.1, 0.15) is 5.01 Å². The molecule has 4 nitrogen and oxygen atoms in total. The third-order valence-electron chi connectivity index (χ3n) is 2.52. The molecule has 0 aliphatic heterocycles. The standard InChI is InChI=1S/C12H14N2O2S/c1-8-10(5-2-6-11(15)16)17-12(14-8)9-4-3-7-13-9/h3-4,7,13H,2,5-6H2,1H3,(H,15,16). The van der Waals surface area contributed by atoms with E-state index < -0.39 is 5.97 Å². The van der Waals surface area contributed by atoms with Gasteiger partial charge in [-0.1, -0.05) is 0 Å². The van der Waals surface area contributed by atoms with Gasteiger partial charge in [0.15, 0.2) is 0 Å². The average Bonchev–Trinajstić information content (AvgIpc) is 2.87. The molecule has 0 bridgehead atoms. The number of H-pyrrole nitrogens is 1. The lowest BCUT2D eigenvalue weighted by atomic mass is 10.2. The van der Waals surface area contributed by atoms with E-state index in [1.165, 1.54) is 4.88 Å². The van der Waals surface area contributed by atoms with Crippen LogP contribution in [0.3, 0.4) is 0 Å². The Labute approximate surface area is 103 Å². The van der Waals surface area contributed by atoms with Crippen LogP contribution >= 0.6 is 11.3 Å². The van der Waals surface area contributed by atoms with E-state index in [9.17, 15) is 4.79 Å². The van der Waals surface area contributed by atoms with Crippen molar-refractivity contribution in [2.45, 2.75) is 26.2 Å². The van der Waals surface area contributed by atoms with E-state index in [2.05, 4.69) is 9.97 Å². The van der Waals surface area contributed by atoms with E-state index >= 15 is 0 Å². The molecule has 2 aromatic rings. The minimum Gasteiger partial charge on any atom is -0.481 e. The maximum absolute atomic E-state index is 10.4. The Bertz CT molecular complexity index is 503. The van der Waals surface area contributed by atoms with Crippen molar-refractivity contribution < 1.29 is 9.90 Å². The van der Waals surface area contributed by atoms with Gasteiger partial charge in [-0.15, -0.1) is 11.3 Å². The van der Waals surface area contributed by atoms with Gasteiger partial charge < -0.3 is 10.1 Å². The number of aromatic amines is 1. The number of nitrogens with one attached hydrogen (secondary N) is 1. The molecule has 0 aliphatic rings. The number of carbonyl (C=O) groups is 1. The third-order valence-corrected chi connectivity index (χ3v) is 3.77. The third kappa shape index (κ3) is 2.94. The molecule has 0 radical (unpaired) electrons. The van der Waals surface area contributed by atoms with Crippen LogP contribution in [-0.2, 0) is 11.2 Å². The lowest BCUT2D eigenvalue weighted by molar-refractivity contribution is -0.137. The van der Waals surface area contributed by atoms with Crippen LogP contribution in [0.4, 0.5) is 0 Å².